The van der Waals surface area contributed by atoms with Crippen molar-refractivity contribution in [3.05, 3.63) is 274 Å². The number of hydrogen-bond donors (Lipinski definition) is 2. The van der Waals surface area contributed by atoms with Gasteiger partial charge in [-0.2, -0.15) is 0 Å². The Morgan fingerprint density at radius 1 is 0.653 bits per heavy atom. The first-order valence-corrected chi connectivity index (χ1v) is 26.6. The molecule has 75 heavy (non-hydrogen) atoms. The fraction of sp³-hybridized carbons (Fsp3) is 0.247. The molecule has 0 spiro atoms. The van der Waals surface area contributed by atoms with Gasteiger partial charge in [-0.05, 0) is 153 Å². The van der Waals surface area contributed by atoms with Crippen LogP contribution in [0.1, 0.15) is 131 Å². The number of terminal acetylenes is 2. The minimum absolute atomic E-state index is 0.188. The topological polar surface area (TPSA) is 49.9 Å². The van der Waals surface area contributed by atoms with Gasteiger partial charge in [-0.1, -0.05) is 257 Å². The van der Waals surface area contributed by atoms with Gasteiger partial charge in [0.25, 0.3) is 0 Å². The van der Waals surface area contributed by atoms with Crippen molar-refractivity contribution in [1.82, 2.24) is 0 Å². The van der Waals surface area contributed by atoms with Crippen LogP contribution in [0.5, 0.6) is 0 Å². The molecule has 7 rings (SSSR count). The monoisotopic (exact) mass is 993 g/mol. The van der Waals surface area contributed by atoms with E-state index in [-0.39, 0.29) is 5.41 Å². The molecular weight excluding hydrogens is 905 g/mol. The summed E-state index contributed by atoms with van der Waals surface area (Å²) in [7, 11) is 0. The van der Waals surface area contributed by atoms with Crippen molar-refractivity contribution in [3.8, 4) is 36.8 Å². The number of unbranched alkanes of at least 4 members (excludes halogenated alkanes) is 1. The van der Waals surface area contributed by atoms with Gasteiger partial charge in [-0.3, -0.25) is 0 Å². The zero-order chi connectivity index (χ0) is 55.7. The summed E-state index contributed by atoms with van der Waals surface area (Å²) < 4.78 is 0. The zero-order valence-corrected chi connectivity index (χ0v) is 47.0. The van der Waals surface area contributed by atoms with Crippen molar-refractivity contribution in [2.75, 3.05) is 0 Å². The fourth-order valence-corrected chi connectivity index (χ4v) is 9.00. The average Bonchev–Trinajstić information content (AvgIpc) is 3.56. The predicted octanol–water partition coefficient (Wildman–Crippen LogP) is 19.6. The lowest BCUT2D eigenvalue weighted by atomic mass is 9.64. The van der Waals surface area contributed by atoms with E-state index in [9.17, 15) is 0 Å². The van der Waals surface area contributed by atoms with Gasteiger partial charge in [0.05, 0.1) is 0 Å². The van der Waals surface area contributed by atoms with Crippen LogP contribution in [0.25, 0.3) is 22.3 Å². The molecule has 6 aromatic rings. The molecule has 0 fully saturated rings. The molecule has 1 unspecified atom stereocenters. The summed E-state index contributed by atoms with van der Waals surface area (Å²) >= 11 is 0. The number of nitrogens with two attached hydrogens (primary N) is 1. The Labute approximate surface area is 456 Å². The lowest BCUT2D eigenvalue weighted by Gasteiger charge is -2.39. The smallest absolute Gasteiger partial charge is 0.0448 e. The molecule has 0 aliphatic heterocycles. The van der Waals surface area contributed by atoms with Crippen LogP contribution >= 0.6 is 0 Å². The van der Waals surface area contributed by atoms with Crippen LogP contribution in [0.3, 0.4) is 0 Å². The normalized spacial score (nSPS) is 14.9. The number of benzene rings is 6. The summed E-state index contributed by atoms with van der Waals surface area (Å²) in [6, 6.07) is 54.9. The van der Waals surface area contributed by atoms with Gasteiger partial charge < -0.3 is 11.1 Å². The van der Waals surface area contributed by atoms with Gasteiger partial charge in [0.1, 0.15) is 0 Å². The third-order valence-electron chi connectivity index (χ3n) is 12.5. The Kier molecular flexibility index (Phi) is 34.6. The van der Waals surface area contributed by atoms with Crippen LogP contribution in [-0.2, 0) is 24.8 Å². The highest BCUT2D eigenvalue weighted by molar-refractivity contribution is 5.76. The quantitative estimate of drug-likeness (QED) is 0.0486. The minimum Gasteiger partial charge on any atom is -0.326 e. The van der Waals surface area contributed by atoms with Gasteiger partial charge in [0, 0.05) is 12.0 Å². The van der Waals surface area contributed by atoms with Crippen molar-refractivity contribution in [2.24, 2.45) is 5.73 Å². The van der Waals surface area contributed by atoms with Crippen LogP contribution in [0.2, 0.25) is 0 Å². The van der Waals surface area contributed by atoms with Gasteiger partial charge in [-0.15, -0.1) is 25.7 Å². The van der Waals surface area contributed by atoms with Gasteiger partial charge in [0.2, 0.25) is 0 Å². The Balaban J connectivity index is 0.000000667. The molecule has 0 bridgehead atoms. The van der Waals surface area contributed by atoms with E-state index in [2.05, 4.69) is 268 Å². The van der Waals surface area contributed by atoms with E-state index in [1.54, 1.807) is 0 Å². The Morgan fingerprint density at radius 3 is 1.88 bits per heavy atom. The maximum absolute atomic E-state index is 5.94. The first-order chi connectivity index (χ1) is 36.8. The lowest BCUT2D eigenvalue weighted by molar-refractivity contribution is 0.565. The lowest BCUT2D eigenvalue weighted by Crippen LogP contribution is -2.31. The molecule has 2 heteroatoms. The molecule has 2 nitrogen and oxygen atoms in total. The standard InChI is InChI=1S/C39H41N.C20H26.C7H8.C2H6.2C2H2.CH3N/c1-3-5-21-36(4-2)39(37-22-7-6-8-23-37)25-12-11-16-32(28-35-17-9-10-24-38(35)39)34-20-14-19-33(27-34)31-18-13-15-30(26-31)29-40;1-5-8-10-11-12-18-14-17(4)15-20(16-18)19(7-3)13-9-6-2;1-7-5-3-2-4-6-7;4*1-2/h4,6-20,22-24,26-27H,3,5,21,25,28-29,40H2,1-2H3;5,7-11,13-16H,6,12H2,1-4H3;2-6H,1H3;1-2H3;2*1-2H;2H,1H2/b12-11-,32-16+,36-4+;8-5-,11-10-,13-9-,19-7+;;;;;. The van der Waals surface area contributed by atoms with Crippen molar-refractivity contribution >= 4 is 17.9 Å². The Hall–Kier alpha value is -7.75. The number of nitrogens with one attached hydrogen (secondary N) is 1. The third kappa shape index (κ3) is 21.3. The van der Waals surface area contributed by atoms with Crippen molar-refractivity contribution in [2.45, 2.75) is 119 Å². The minimum atomic E-state index is -0.188. The molecule has 1 atom stereocenters. The van der Waals surface area contributed by atoms with E-state index < -0.39 is 0 Å². The molecular formula is C73H88N2. The molecule has 0 heterocycles. The van der Waals surface area contributed by atoms with Crippen LogP contribution in [0, 0.1) is 45.0 Å². The Bertz CT molecular complexity index is 2760. The van der Waals surface area contributed by atoms with Crippen LogP contribution in [0.15, 0.2) is 224 Å². The van der Waals surface area contributed by atoms with Gasteiger partial charge in [-0.25, -0.2) is 0 Å². The summed E-state index contributed by atoms with van der Waals surface area (Å²) in [6.45, 7) is 22.1. The van der Waals surface area contributed by atoms with Crippen LogP contribution < -0.4 is 5.73 Å². The van der Waals surface area contributed by atoms with Crippen LogP contribution in [0.4, 0.5) is 0 Å². The average molecular weight is 994 g/mol. The second kappa shape index (κ2) is 39.7. The summed E-state index contributed by atoms with van der Waals surface area (Å²) in [6.07, 6.45) is 47.8. The number of aryl methyl sites for hydroxylation is 2. The van der Waals surface area contributed by atoms with E-state index in [0.717, 1.165) is 37.7 Å². The number of hydrogen-bond acceptors (Lipinski definition) is 2. The van der Waals surface area contributed by atoms with Crippen molar-refractivity contribution in [3.63, 3.8) is 0 Å². The predicted molar refractivity (Wildman–Crippen MR) is 336 cm³/mol. The molecule has 390 valence electrons. The molecule has 1 aliphatic carbocycles. The molecule has 0 saturated heterocycles. The van der Waals surface area contributed by atoms with Gasteiger partial charge in [0.15, 0.2) is 0 Å². The third-order valence-corrected chi connectivity index (χ3v) is 12.5. The van der Waals surface area contributed by atoms with E-state index in [4.69, 9.17) is 11.1 Å². The molecule has 0 radical (unpaired) electrons. The summed E-state index contributed by atoms with van der Waals surface area (Å²) in [5.74, 6) is 0. The first-order valence-electron chi connectivity index (χ1n) is 26.6. The molecule has 1 aliphatic rings. The highest BCUT2D eigenvalue weighted by atomic mass is 14.5. The Morgan fingerprint density at radius 2 is 1.28 bits per heavy atom. The number of allylic oxidation sites excluding steroid dienone is 14. The highest BCUT2D eigenvalue weighted by Gasteiger charge is 2.38. The second-order valence-electron chi connectivity index (χ2n) is 17.4. The molecule has 0 aromatic heterocycles. The van der Waals surface area contributed by atoms with E-state index >= 15 is 0 Å². The molecule has 3 N–H and O–H groups in total. The first kappa shape index (κ1) is 65.3. The molecule has 6 aromatic carbocycles. The summed E-state index contributed by atoms with van der Waals surface area (Å²) in [5.41, 5.74) is 24.3. The van der Waals surface area contributed by atoms with E-state index in [0.29, 0.717) is 6.54 Å². The summed E-state index contributed by atoms with van der Waals surface area (Å²) in [5, 5.41) is 5.50. The maximum atomic E-state index is 5.94. The SMILES string of the molecule is C#C.C#C.C/C=C(\CCCC)C1(c2ccccc2)C/C=C\C=C(\c2cccc(-c3cccc(CN)c3)c2)Cc2ccccc21.C/C=C\C=C/Cc1cc(C)cc(C(/C=C\CC)=C/C)c1.C=N.CC.Cc1ccccc1. The van der Waals surface area contributed by atoms with Crippen LogP contribution in [-0.4, -0.2) is 6.72 Å². The van der Waals surface area contributed by atoms with Crippen molar-refractivity contribution < 1.29 is 0 Å². The van der Waals surface area contributed by atoms with E-state index in [1.807, 2.05) is 45.0 Å². The largest absolute Gasteiger partial charge is 0.326 e. The second-order valence-corrected chi connectivity index (χ2v) is 17.4. The highest BCUT2D eigenvalue weighted by Crippen LogP contribution is 2.47. The fourth-order valence-electron chi connectivity index (χ4n) is 9.00. The van der Waals surface area contributed by atoms with Crippen molar-refractivity contribution in [1.29, 1.82) is 5.41 Å². The number of rotatable bonds is 14. The summed E-state index contributed by atoms with van der Waals surface area (Å²) in [4.78, 5) is 0. The van der Waals surface area contributed by atoms with E-state index in [1.165, 1.54) is 85.2 Å². The number of fused-ring (bicyclic) bond motifs is 1. The maximum Gasteiger partial charge on any atom is 0.0448 e. The zero-order valence-electron chi connectivity index (χ0n) is 47.0. The van der Waals surface area contributed by atoms with Gasteiger partial charge >= 0.3 is 0 Å². The molecule has 0 saturated carbocycles. The molecule has 0 amide bonds.